The van der Waals surface area contributed by atoms with E-state index in [4.69, 9.17) is 20.5 Å². The number of halogens is 2. The van der Waals surface area contributed by atoms with Gasteiger partial charge in [0.05, 0.1) is 18.1 Å². The first-order valence-electron chi connectivity index (χ1n) is 11.8. The Hall–Kier alpha value is -3.87. The number of hydrogen-bond donors (Lipinski definition) is 1. The second-order valence-corrected chi connectivity index (χ2v) is 11.3. The van der Waals surface area contributed by atoms with Gasteiger partial charge in [-0.3, -0.25) is 19.3 Å². The molecule has 1 fully saturated rings. The lowest BCUT2D eigenvalue weighted by molar-refractivity contribution is -0.123. The molecule has 3 aromatic carbocycles. The molecule has 3 aromatic rings. The van der Waals surface area contributed by atoms with Gasteiger partial charge in [0, 0.05) is 23.2 Å². The summed E-state index contributed by atoms with van der Waals surface area (Å²) in [7, 11) is -4.25. The van der Waals surface area contributed by atoms with Gasteiger partial charge in [0.1, 0.15) is 10.7 Å². The lowest BCUT2D eigenvalue weighted by Gasteiger charge is -2.14. The Bertz CT molecular complexity index is 1610. The van der Waals surface area contributed by atoms with Crippen molar-refractivity contribution in [2.24, 2.45) is 0 Å². The maximum Gasteiger partial charge on any atom is 0.339 e. The van der Waals surface area contributed by atoms with Crippen LogP contribution >= 0.6 is 23.4 Å². The molecule has 208 valence electrons. The molecule has 40 heavy (non-hydrogen) atoms. The summed E-state index contributed by atoms with van der Waals surface area (Å²) in [5.41, 5.74) is 0.883. The Morgan fingerprint density at radius 1 is 1.10 bits per heavy atom. The molecule has 0 bridgehead atoms. The number of nitrogens with one attached hydrogen (secondary N) is 1. The highest BCUT2D eigenvalue weighted by atomic mass is 35.5. The zero-order valence-electron chi connectivity index (χ0n) is 21.1. The van der Waals surface area contributed by atoms with Gasteiger partial charge in [0.15, 0.2) is 11.5 Å². The van der Waals surface area contributed by atoms with E-state index in [1.54, 1.807) is 6.92 Å². The summed E-state index contributed by atoms with van der Waals surface area (Å²) < 4.78 is 50.8. The van der Waals surface area contributed by atoms with E-state index in [1.165, 1.54) is 73.7 Å². The third kappa shape index (κ3) is 6.64. The molecule has 3 amide bonds. The topological polar surface area (TPSA) is 119 Å². The van der Waals surface area contributed by atoms with Crippen molar-refractivity contribution in [1.29, 1.82) is 0 Å². The number of carbonyl (C=O) groups is 3. The average Bonchev–Trinajstić information content (AvgIpc) is 3.15. The predicted octanol–water partition coefficient (Wildman–Crippen LogP) is 5.84. The van der Waals surface area contributed by atoms with Gasteiger partial charge in [-0.25, -0.2) is 4.39 Å². The second-order valence-electron chi connectivity index (χ2n) is 8.35. The number of nitrogens with zero attached hydrogens (tertiary/aromatic N) is 1. The van der Waals surface area contributed by atoms with Gasteiger partial charge >= 0.3 is 10.1 Å². The molecular formula is C27H22ClFN2O7S2. The van der Waals surface area contributed by atoms with Crippen LogP contribution in [0, 0.1) is 5.82 Å². The zero-order chi connectivity index (χ0) is 29.0. The van der Waals surface area contributed by atoms with Gasteiger partial charge in [0.2, 0.25) is 5.91 Å². The molecule has 0 aliphatic carbocycles. The standard InChI is InChI=1S/C27H22ClFN2O7S2/c1-3-37-24-13-17(7-12-23(24)38-40(35,36)19-10-8-18(9-11-19)30-16(2)32)14-25-26(33)31(27(34)39-25)15-20-21(28)5-4-6-22(20)29/h4-14H,3,15H2,1-2H3,(H,30,32)/b25-14-. The second kappa shape index (κ2) is 12.1. The van der Waals surface area contributed by atoms with Crippen molar-refractivity contribution in [2.75, 3.05) is 11.9 Å². The lowest BCUT2D eigenvalue weighted by Crippen LogP contribution is -2.28. The van der Waals surface area contributed by atoms with Crippen molar-refractivity contribution in [3.05, 3.63) is 87.5 Å². The molecule has 9 nitrogen and oxygen atoms in total. The minimum Gasteiger partial charge on any atom is -0.490 e. The fourth-order valence-corrected chi connectivity index (χ4v) is 5.66. The number of imide groups is 1. The molecule has 1 N–H and O–H groups in total. The van der Waals surface area contributed by atoms with Gasteiger partial charge in [-0.2, -0.15) is 8.42 Å². The highest BCUT2D eigenvalue weighted by Gasteiger charge is 2.36. The van der Waals surface area contributed by atoms with Crippen LogP contribution in [0.25, 0.3) is 6.08 Å². The molecule has 1 aliphatic heterocycles. The van der Waals surface area contributed by atoms with Crippen LogP contribution in [-0.2, 0) is 26.3 Å². The van der Waals surface area contributed by atoms with E-state index in [0.717, 1.165) is 4.90 Å². The Labute approximate surface area is 239 Å². The molecule has 0 saturated carbocycles. The molecule has 0 radical (unpaired) electrons. The Morgan fingerprint density at radius 3 is 2.48 bits per heavy atom. The Balaban J connectivity index is 1.56. The SMILES string of the molecule is CCOc1cc(/C=C2\SC(=O)N(Cc3c(F)cccc3Cl)C2=O)ccc1OS(=O)(=O)c1ccc(NC(C)=O)cc1. The van der Waals surface area contributed by atoms with Gasteiger partial charge < -0.3 is 14.2 Å². The Kier molecular flexibility index (Phi) is 8.82. The number of carbonyl (C=O) groups excluding carboxylic acids is 3. The first-order chi connectivity index (χ1) is 19.0. The highest BCUT2D eigenvalue weighted by molar-refractivity contribution is 8.18. The predicted molar refractivity (Wildman–Crippen MR) is 149 cm³/mol. The largest absolute Gasteiger partial charge is 0.490 e. The van der Waals surface area contributed by atoms with Crippen molar-refractivity contribution in [1.82, 2.24) is 4.90 Å². The number of thioether (sulfide) groups is 1. The minimum absolute atomic E-state index is 0.0267. The van der Waals surface area contributed by atoms with Crippen LogP contribution in [0.3, 0.4) is 0 Å². The van der Waals surface area contributed by atoms with E-state index in [2.05, 4.69) is 5.32 Å². The number of ether oxygens (including phenoxy) is 1. The summed E-state index contributed by atoms with van der Waals surface area (Å²) in [5.74, 6) is -1.56. The van der Waals surface area contributed by atoms with Crippen LogP contribution in [-0.4, -0.2) is 37.0 Å². The number of anilines is 1. The maximum absolute atomic E-state index is 14.2. The first-order valence-corrected chi connectivity index (χ1v) is 14.4. The molecule has 0 unspecified atom stereocenters. The normalized spacial score (nSPS) is 14.5. The molecular weight excluding hydrogens is 583 g/mol. The maximum atomic E-state index is 14.2. The fraction of sp³-hybridized carbons (Fsp3) is 0.148. The van der Waals surface area contributed by atoms with E-state index < -0.39 is 27.1 Å². The van der Waals surface area contributed by atoms with Gasteiger partial charge in [-0.1, -0.05) is 23.7 Å². The third-order valence-electron chi connectivity index (χ3n) is 5.48. The van der Waals surface area contributed by atoms with E-state index in [-0.39, 0.29) is 50.9 Å². The number of hydrogen-bond acceptors (Lipinski definition) is 8. The summed E-state index contributed by atoms with van der Waals surface area (Å²) in [6.45, 7) is 2.89. The van der Waals surface area contributed by atoms with E-state index in [9.17, 15) is 27.2 Å². The number of amides is 3. The zero-order valence-corrected chi connectivity index (χ0v) is 23.5. The summed E-state index contributed by atoms with van der Waals surface area (Å²) in [5, 5.41) is 2.06. The van der Waals surface area contributed by atoms with Crippen LogP contribution < -0.4 is 14.2 Å². The Morgan fingerprint density at radius 2 is 1.82 bits per heavy atom. The van der Waals surface area contributed by atoms with E-state index >= 15 is 0 Å². The van der Waals surface area contributed by atoms with Gasteiger partial charge in [-0.05, 0) is 78.9 Å². The lowest BCUT2D eigenvalue weighted by atomic mass is 10.1. The van der Waals surface area contributed by atoms with Gasteiger partial charge in [0.25, 0.3) is 11.1 Å². The van der Waals surface area contributed by atoms with Crippen LogP contribution in [0.15, 0.2) is 70.5 Å². The number of rotatable bonds is 9. The third-order valence-corrected chi connectivity index (χ3v) is 7.99. The number of benzene rings is 3. The molecule has 1 saturated heterocycles. The van der Waals surface area contributed by atoms with Crippen LogP contribution in [0.2, 0.25) is 5.02 Å². The smallest absolute Gasteiger partial charge is 0.339 e. The fourth-order valence-electron chi connectivity index (χ4n) is 3.66. The summed E-state index contributed by atoms with van der Waals surface area (Å²) in [6.07, 6.45) is 1.44. The molecule has 0 atom stereocenters. The van der Waals surface area contributed by atoms with Gasteiger partial charge in [-0.15, -0.1) is 0 Å². The summed E-state index contributed by atoms with van der Waals surface area (Å²) >= 11 is 6.73. The van der Waals surface area contributed by atoms with Crippen molar-refractivity contribution < 1.29 is 36.1 Å². The van der Waals surface area contributed by atoms with Crippen LogP contribution in [0.4, 0.5) is 14.9 Å². The van der Waals surface area contributed by atoms with Crippen LogP contribution in [0.1, 0.15) is 25.0 Å². The average molecular weight is 605 g/mol. The highest BCUT2D eigenvalue weighted by Crippen LogP contribution is 2.37. The quantitative estimate of drug-likeness (QED) is 0.239. The van der Waals surface area contributed by atoms with E-state index in [1.807, 2.05) is 0 Å². The first kappa shape index (κ1) is 29.1. The molecule has 4 rings (SSSR count). The molecule has 0 aromatic heterocycles. The molecule has 13 heteroatoms. The van der Waals surface area contributed by atoms with Crippen molar-refractivity contribution in [3.63, 3.8) is 0 Å². The molecule has 1 heterocycles. The monoisotopic (exact) mass is 604 g/mol. The minimum atomic E-state index is -4.25. The van der Waals surface area contributed by atoms with Crippen molar-refractivity contribution in [3.8, 4) is 11.5 Å². The van der Waals surface area contributed by atoms with Crippen molar-refractivity contribution in [2.45, 2.75) is 25.3 Å². The molecule has 1 aliphatic rings. The molecule has 0 spiro atoms. The summed E-state index contributed by atoms with van der Waals surface area (Å²) in [6, 6.07) is 13.8. The van der Waals surface area contributed by atoms with Crippen molar-refractivity contribution >= 4 is 62.3 Å². The van der Waals surface area contributed by atoms with Crippen LogP contribution in [0.5, 0.6) is 11.5 Å². The van der Waals surface area contributed by atoms with E-state index in [0.29, 0.717) is 23.0 Å². The summed E-state index contributed by atoms with van der Waals surface area (Å²) in [4.78, 5) is 37.5.